The van der Waals surface area contributed by atoms with Gasteiger partial charge in [-0.15, -0.1) is 0 Å². The van der Waals surface area contributed by atoms with E-state index in [1.165, 1.54) is 0 Å². The van der Waals surface area contributed by atoms with Gasteiger partial charge in [0.15, 0.2) is 0 Å². The van der Waals surface area contributed by atoms with Crippen molar-refractivity contribution < 1.29 is 15.3 Å². The number of rotatable bonds is 5. The van der Waals surface area contributed by atoms with Gasteiger partial charge in [-0.25, -0.2) is 0 Å². The summed E-state index contributed by atoms with van der Waals surface area (Å²) in [7, 11) is 0. The SMILES string of the molecule is CC(O)C(C)CC=C[C@@H](O)CO. The Balaban J connectivity index is 3.59. The third-order valence-electron chi connectivity index (χ3n) is 1.88. The Morgan fingerprint density at radius 2 is 1.83 bits per heavy atom. The lowest BCUT2D eigenvalue weighted by atomic mass is 10.0. The molecular weight excluding hydrogens is 156 g/mol. The molecule has 72 valence electrons. The molecule has 0 aromatic carbocycles. The molecule has 3 heteroatoms. The van der Waals surface area contributed by atoms with E-state index >= 15 is 0 Å². The third-order valence-corrected chi connectivity index (χ3v) is 1.88. The van der Waals surface area contributed by atoms with Crippen LogP contribution in [0.3, 0.4) is 0 Å². The monoisotopic (exact) mass is 174 g/mol. The van der Waals surface area contributed by atoms with Crippen molar-refractivity contribution in [3.63, 3.8) is 0 Å². The van der Waals surface area contributed by atoms with Crippen LogP contribution in [-0.2, 0) is 0 Å². The molecular formula is C9H18O3. The van der Waals surface area contributed by atoms with Crippen LogP contribution in [0.5, 0.6) is 0 Å². The van der Waals surface area contributed by atoms with E-state index in [1.54, 1.807) is 19.1 Å². The zero-order valence-electron chi connectivity index (χ0n) is 7.64. The van der Waals surface area contributed by atoms with Crippen LogP contribution in [-0.4, -0.2) is 34.1 Å². The molecule has 0 radical (unpaired) electrons. The van der Waals surface area contributed by atoms with Crippen LogP contribution < -0.4 is 0 Å². The highest BCUT2D eigenvalue weighted by molar-refractivity contribution is 4.89. The Bertz CT molecular complexity index is 132. The first-order valence-corrected chi connectivity index (χ1v) is 4.21. The van der Waals surface area contributed by atoms with Crippen molar-refractivity contribution in [2.75, 3.05) is 6.61 Å². The maximum Gasteiger partial charge on any atom is 0.0951 e. The second kappa shape index (κ2) is 6.17. The summed E-state index contributed by atoms with van der Waals surface area (Å²) >= 11 is 0. The van der Waals surface area contributed by atoms with Crippen LogP contribution in [0.4, 0.5) is 0 Å². The minimum Gasteiger partial charge on any atom is -0.393 e. The van der Waals surface area contributed by atoms with Gasteiger partial charge in [-0.05, 0) is 19.3 Å². The molecule has 0 aromatic rings. The quantitative estimate of drug-likeness (QED) is 0.525. The summed E-state index contributed by atoms with van der Waals surface area (Å²) in [4.78, 5) is 0. The fourth-order valence-electron chi connectivity index (χ4n) is 0.708. The first-order valence-electron chi connectivity index (χ1n) is 4.21. The molecule has 0 fully saturated rings. The van der Waals surface area contributed by atoms with E-state index in [4.69, 9.17) is 15.3 Å². The number of allylic oxidation sites excluding steroid dienone is 1. The predicted octanol–water partition coefficient (Wildman–Crippen LogP) is 0.303. The van der Waals surface area contributed by atoms with Gasteiger partial charge in [0.25, 0.3) is 0 Å². The summed E-state index contributed by atoms with van der Waals surface area (Å²) in [5, 5.41) is 26.5. The average molecular weight is 174 g/mol. The highest BCUT2D eigenvalue weighted by Gasteiger charge is 2.05. The van der Waals surface area contributed by atoms with E-state index in [0.29, 0.717) is 6.42 Å². The van der Waals surface area contributed by atoms with Gasteiger partial charge in [-0.2, -0.15) is 0 Å². The van der Waals surface area contributed by atoms with Crippen molar-refractivity contribution in [3.8, 4) is 0 Å². The van der Waals surface area contributed by atoms with Crippen LogP contribution in [0.15, 0.2) is 12.2 Å². The van der Waals surface area contributed by atoms with Gasteiger partial charge in [0.05, 0.1) is 18.8 Å². The lowest BCUT2D eigenvalue weighted by molar-refractivity contribution is 0.128. The Kier molecular flexibility index (Phi) is 5.98. The number of aliphatic hydroxyl groups excluding tert-OH is 3. The van der Waals surface area contributed by atoms with Crippen molar-refractivity contribution in [2.24, 2.45) is 5.92 Å². The zero-order valence-corrected chi connectivity index (χ0v) is 7.64. The van der Waals surface area contributed by atoms with E-state index in [1.807, 2.05) is 6.92 Å². The predicted molar refractivity (Wildman–Crippen MR) is 47.7 cm³/mol. The van der Waals surface area contributed by atoms with E-state index in [-0.39, 0.29) is 18.6 Å². The Morgan fingerprint density at radius 1 is 1.25 bits per heavy atom. The Morgan fingerprint density at radius 3 is 2.25 bits per heavy atom. The first kappa shape index (κ1) is 11.6. The normalized spacial score (nSPS) is 19.4. The molecule has 3 atom stereocenters. The van der Waals surface area contributed by atoms with Crippen molar-refractivity contribution in [3.05, 3.63) is 12.2 Å². The molecule has 0 saturated carbocycles. The molecule has 0 aliphatic heterocycles. The summed E-state index contributed by atoms with van der Waals surface area (Å²) in [6.45, 7) is 3.42. The summed E-state index contributed by atoms with van der Waals surface area (Å²) in [5.74, 6) is 0.187. The minimum absolute atomic E-state index is 0.187. The Labute approximate surface area is 73.4 Å². The summed E-state index contributed by atoms with van der Waals surface area (Å²) in [6.07, 6.45) is 2.93. The van der Waals surface area contributed by atoms with Crippen LogP contribution in [0.25, 0.3) is 0 Å². The molecule has 0 aliphatic rings. The molecule has 0 amide bonds. The van der Waals surface area contributed by atoms with Crippen molar-refractivity contribution in [1.29, 1.82) is 0 Å². The lowest BCUT2D eigenvalue weighted by Gasteiger charge is -2.11. The molecule has 0 aromatic heterocycles. The fraction of sp³-hybridized carbons (Fsp3) is 0.778. The number of hydrogen-bond donors (Lipinski definition) is 3. The molecule has 3 nitrogen and oxygen atoms in total. The van der Waals surface area contributed by atoms with Crippen LogP contribution in [0.1, 0.15) is 20.3 Å². The molecule has 0 bridgehead atoms. The van der Waals surface area contributed by atoms with Gasteiger partial charge in [-0.1, -0.05) is 19.1 Å². The molecule has 12 heavy (non-hydrogen) atoms. The third kappa shape index (κ3) is 5.29. The highest BCUT2D eigenvalue weighted by atomic mass is 16.3. The number of hydrogen-bond acceptors (Lipinski definition) is 3. The van der Waals surface area contributed by atoms with Crippen molar-refractivity contribution in [2.45, 2.75) is 32.5 Å². The molecule has 0 rings (SSSR count). The molecule has 3 N–H and O–H groups in total. The minimum atomic E-state index is -0.772. The van der Waals surface area contributed by atoms with E-state index in [9.17, 15) is 0 Å². The second-order valence-corrected chi connectivity index (χ2v) is 3.13. The molecule has 0 aliphatic carbocycles. The molecule has 0 saturated heterocycles. The topological polar surface area (TPSA) is 60.7 Å². The standard InChI is InChI=1S/C9H18O3/c1-7(8(2)11)4-3-5-9(12)6-10/h3,5,7-12H,4,6H2,1-2H3/t7?,8?,9-/m1/s1. The van der Waals surface area contributed by atoms with E-state index < -0.39 is 6.10 Å². The van der Waals surface area contributed by atoms with Gasteiger partial charge >= 0.3 is 0 Å². The Hall–Kier alpha value is -0.380. The fourth-order valence-corrected chi connectivity index (χ4v) is 0.708. The molecule has 2 unspecified atom stereocenters. The van der Waals surface area contributed by atoms with Crippen LogP contribution >= 0.6 is 0 Å². The van der Waals surface area contributed by atoms with Gasteiger partial charge < -0.3 is 15.3 Å². The smallest absolute Gasteiger partial charge is 0.0951 e. The summed E-state index contributed by atoms with van der Waals surface area (Å²) < 4.78 is 0. The van der Waals surface area contributed by atoms with Crippen molar-refractivity contribution in [1.82, 2.24) is 0 Å². The van der Waals surface area contributed by atoms with Gasteiger partial charge in [-0.3, -0.25) is 0 Å². The number of aliphatic hydroxyl groups is 3. The summed E-state index contributed by atoms with van der Waals surface area (Å²) in [6, 6.07) is 0. The molecule has 0 spiro atoms. The van der Waals surface area contributed by atoms with Gasteiger partial charge in [0, 0.05) is 0 Å². The first-order chi connectivity index (χ1) is 5.57. The largest absolute Gasteiger partial charge is 0.393 e. The highest BCUT2D eigenvalue weighted by Crippen LogP contribution is 2.08. The van der Waals surface area contributed by atoms with Gasteiger partial charge in [0.1, 0.15) is 0 Å². The summed E-state index contributed by atoms with van der Waals surface area (Å²) in [5.41, 5.74) is 0. The van der Waals surface area contributed by atoms with Crippen LogP contribution in [0.2, 0.25) is 0 Å². The van der Waals surface area contributed by atoms with E-state index in [2.05, 4.69) is 0 Å². The maximum atomic E-state index is 9.10. The molecule has 0 heterocycles. The van der Waals surface area contributed by atoms with E-state index in [0.717, 1.165) is 0 Å². The second-order valence-electron chi connectivity index (χ2n) is 3.13. The maximum absolute atomic E-state index is 9.10. The van der Waals surface area contributed by atoms with Gasteiger partial charge in [0.2, 0.25) is 0 Å². The van der Waals surface area contributed by atoms with Crippen LogP contribution in [0, 0.1) is 5.92 Å². The zero-order chi connectivity index (χ0) is 9.56. The lowest BCUT2D eigenvalue weighted by Crippen LogP contribution is -2.12. The van der Waals surface area contributed by atoms with Crippen molar-refractivity contribution >= 4 is 0 Å². The average Bonchev–Trinajstić information content (AvgIpc) is 2.03.